The van der Waals surface area contributed by atoms with Crippen LogP contribution in [0, 0.1) is 11.8 Å². The molecule has 0 saturated heterocycles. The van der Waals surface area contributed by atoms with Gasteiger partial charge in [0.15, 0.2) is 0 Å². The molecule has 0 aromatic rings. The number of methoxy groups -OCH3 is 1. The van der Waals surface area contributed by atoms with Gasteiger partial charge in [0.1, 0.15) is 0 Å². The highest BCUT2D eigenvalue weighted by molar-refractivity contribution is 4.80. The van der Waals surface area contributed by atoms with Crippen molar-refractivity contribution >= 4 is 0 Å². The van der Waals surface area contributed by atoms with Gasteiger partial charge in [-0.05, 0) is 31.1 Å². The van der Waals surface area contributed by atoms with Gasteiger partial charge in [0, 0.05) is 19.8 Å². The van der Waals surface area contributed by atoms with Crippen molar-refractivity contribution in [1.82, 2.24) is 0 Å². The molecule has 3 atom stereocenters. The van der Waals surface area contributed by atoms with E-state index in [1.807, 2.05) is 0 Å². The van der Waals surface area contributed by atoms with Crippen LogP contribution in [0.25, 0.3) is 0 Å². The lowest BCUT2D eigenvalue weighted by Crippen LogP contribution is -2.34. The van der Waals surface area contributed by atoms with Crippen LogP contribution in [0.5, 0.6) is 0 Å². The molecule has 1 rings (SSSR count). The Morgan fingerprint density at radius 3 is 2.76 bits per heavy atom. The second kappa shape index (κ2) is 8.90. The Labute approximate surface area is 106 Å². The third-order valence-corrected chi connectivity index (χ3v) is 4.03. The Morgan fingerprint density at radius 1 is 1.24 bits per heavy atom. The average Bonchev–Trinajstić information content (AvgIpc) is 2.38. The summed E-state index contributed by atoms with van der Waals surface area (Å²) in [5.74, 6) is 1.63. The van der Waals surface area contributed by atoms with Crippen molar-refractivity contribution < 1.29 is 9.47 Å². The van der Waals surface area contributed by atoms with Gasteiger partial charge in [-0.25, -0.2) is 0 Å². The Bertz CT molecular complexity index is 187. The Kier molecular flexibility index (Phi) is 7.82. The first-order valence-electron chi connectivity index (χ1n) is 7.10. The topological polar surface area (TPSA) is 44.5 Å². The number of ether oxygens (including phenoxy) is 2. The van der Waals surface area contributed by atoms with Crippen molar-refractivity contribution in [2.24, 2.45) is 17.6 Å². The minimum atomic E-state index is 0.326. The van der Waals surface area contributed by atoms with E-state index in [1.165, 1.54) is 32.1 Å². The van der Waals surface area contributed by atoms with Gasteiger partial charge in [-0.15, -0.1) is 0 Å². The highest BCUT2D eigenvalue weighted by atomic mass is 16.5. The second-order valence-electron chi connectivity index (χ2n) is 5.26. The number of hydrogen-bond acceptors (Lipinski definition) is 3. The standard InChI is InChI=1S/C14H29NO2/c1-3-12-5-4-6-13(11-12)14(15)7-8-17-10-9-16-2/h12-14H,3-11,15H2,1-2H3. The van der Waals surface area contributed by atoms with Gasteiger partial charge >= 0.3 is 0 Å². The molecule has 17 heavy (non-hydrogen) atoms. The fourth-order valence-electron chi connectivity index (χ4n) is 2.79. The van der Waals surface area contributed by atoms with Gasteiger partial charge in [0.2, 0.25) is 0 Å². The van der Waals surface area contributed by atoms with Gasteiger partial charge in [0.25, 0.3) is 0 Å². The minimum Gasteiger partial charge on any atom is -0.382 e. The van der Waals surface area contributed by atoms with Crippen molar-refractivity contribution in [3.8, 4) is 0 Å². The molecule has 0 aromatic heterocycles. The largest absolute Gasteiger partial charge is 0.382 e. The molecule has 0 spiro atoms. The lowest BCUT2D eigenvalue weighted by atomic mass is 9.76. The molecular formula is C14H29NO2. The molecule has 1 aliphatic rings. The molecule has 3 heteroatoms. The molecule has 102 valence electrons. The molecule has 0 heterocycles. The molecule has 1 saturated carbocycles. The molecule has 0 aromatic carbocycles. The summed E-state index contributed by atoms with van der Waals surface area (Å²) in [6.07, 6.45) is 7.72. The van der Waals surface area contributed by atoms with E-state index in [-0.39, 0.29) is 0 Å². The molecule has 1 aliphatic carbocycles. The number of rotatable bonds is 8. The van der Waals surface area contributed by atoms with Crippen LogP contribution in [0.15, 0.2) is 0 Å². The zero-order valence-electron chi connectivity index (χ0n) is 11.5. The van der Waals surface area contributed by atoms with Crippen molar-refractivity contribution in [2.45, 2.75) is 51.5 Å². The fourth-order valence-corrected chi connectivity index (χ4v) is 2.79. The number of hydrogen-bond donors (Lipinski definition) is 1. The van der Waals surface area contributed by atoms with Gasteiger partial charge in [-0.2, -0.15) is 0 Å². The first-order chi connectivity index (χ1) is 8.27. The van der Waals surface area contributed by atoms with Crippen molar-refractivity contribution in [3.05, 3.63) is 0 Å². The van der Waals surface area contributed by atoms with E-state index in [9.17, 15) is 0 Å². The van der Waals surface area contributed by atoms with E-state index in [0.717, 1.165) is 24.9 Å². The lowest BCUT2D eigenvalue weighted by Gasteiger charge is -2.32. The van der Waals surface area contributed by atoms with Crippen LogP contribution >= 0.6 is 0 Å². The highest BCUT2D eigenvalue weighted by Gasteiger charge is 2.25. The third kappa shape index (κ3) is 5.84. The molecule has 3 unspecified atom stereocenters. The van der Waals surface area contributed by atoms with Crippen molar-refractivity contribution in [1.29, 1.82) is 0 Å². The molecule has 0 radical (unpaired) electrons. The van der Waals surface area contributed by atoms with E-state index in [1.54, 1.807) is 7.11 Å². The summed E-state index contributed by atoms with van der Waals surface area (Å²) in [6, 6.07) is 0.326. The predicted octanol–water partition coefficient (Wildman–Crippen LogP) is 2.58. The monoisotopic (exact) mass is 243 g/mol. The third-order valence-electron chi connectivity index (χ3n) is 4.03. The van der Waals surface area contributed by atoms with E-state index in [2.05, 4.69) is 6.92 Å². The van der Waals surface area contributed by atoms with E-state index < -0.39 is 0 Å². The molecule has 0 bridgehead atoms. The van der Waals surface area contributed by atoms with Crippen LogP contribution in [-0.2, 0) is 9.47 Å². The van der Waals surface area contributed by atoms with Crippen LogP contribution in [0.2, 0.25) is 0 Å². The maximum absolute atomic E-state index is 6.27. The average molecular weight is 243 g/mol. The minimum absolute atomic E-state index is 0.326. The molecule has 0 amide bonds. The molecule has 2 N–H and O–H groups in total. The normalized spacial score (nSPS) is 27.0. The fraction of sp³-hybridized carbons (Fsp3) is 1.00. The van der Waals surface area contributed by atoms with Crippen LogP contribution in [0.4, 0.5) is 0 Å². The zero-order valence-corrected chi connectivity index (χ0v) is 11.5. The Balaban J connectivity index is 2.11. The van der Waals surface area contributed by atoms with Crippen LogP contribution in [0.1, 0.15) is 45.4 Å². The SMILES string of the molecule is CCC1CCCC(C(N)CCOCCOC)C1. The van der Waals surface area contributed by atoms with Crippen LogP contribution in [-0.4, -0.2) is 33.0 Å². The predicted molar refractivity (Wildman–Crippen MR) is 71.0 cm³/mol. The van der Waals surface area contributed by atoms with Gasteiger partial charge in [-0.3, -0.25) is 0 Å². The molecular weight excluding hydrogens is 214 g/mol. The summed E-state index contributed by atoms with van der Waals surface area (Å²) in [5.41, 5.74) is 6.27. The quantitative estimate of drug-likeness (QED) is 0.666. The first kappa shape index (κ1) is 14.9. The molecule has 1 fully saturated rings. The zero-order chi connectivity index (χ0) is 12.5. The van der Waals surface area contributed by atoms with Gasteiger partial charge in [-0.1, -0.05) is 26.2 Å². The van der Waals surface area contributed by atoms with Gasteiger partial charge < -0.3 is 15.2 Å². The maximum atomic E-state index is 6.27. The van der Waals surface area contributed by atoms with Crippen LogP contribution < -0.4 is 5.73 Å². The first-order valence-corrected chi connectivity index (χ1v) is 7.10. The molecule has 0 aliphatic heterocycles. The summed E-state index contributed by atoms with van der Waals surface area (Å²) >= 11 is 0. The smallest absolute Gasteiger partial charge is 0.0700 e. The highest BCUT2D eigenvalue weighted by Crippen LogP contribution is 2.32. The Morgan fingerprint density at radius 2 is 2.06 bits per heavy atom. The van der Waals surface area contributed by atoms with Crippen LogP contribution in [0.3, 0.4) is 0 Å². The van der Waals surface area contributed by atoms with Gasteiger partial charge in [0.05, 0.1) is 13.2 Å². The maximum Gasteiger partial charge on any atom is 0.0700 e. The van der Waals surface area contributed by atoms with Crippen molar-refractivity contribution in [2.75, 3.05) is 26.9 Å². The van der Waals surface area contributed by atoms with E-state index in [4.69, 9.17) is 15.2 Å². The summed E-state index contributed by atoms with van der Waals surface area (Å²) in [4.78, 5) is 0. The molecule has 3 nitrogen and oxygen atoms in total. The van der Waals surface area contributed by atoms with E-state index >= 15 is 0 Å². The number of nitrogens with two attached hydrogens (primary N) is 1. The Hall–Kier alpha value is -0.120. The lowest BCUT2D eigenvalue weighted by molar-refractivity contribution is 0.0628. The summed E-state index contributed by atoms with van der Waals surface area (Å²) in [7, 11) is 1.70. The summed E-state index contributed by atoms with van der Waals surface area (Å²) in [5, 5.41) is 0. The second-order valence-corrected chi connectivity index (χ2v) is 5.26. The summed E-state index contributed by atoms with van der Waals surface area (Å²) < 4.78 is 10.4. The van der Waals surface area contributed by atoms with E-state index in [0.29, 0.717) is 19.3 Å². The van der Waals surface area contributed by atoms with Crippen molar-refractivity contribution in [3.63, 3.8) is 0 Å². The summed E-state index contributed by atoms with van der Waals surface area (Å²) in [6.45, 7) is 4.44.